The van der Waals surface area contributed by atoms with Crippen molar-refractivity contribution < 1.29 is 9.15 Å². The second-order valence-corrected chi connectivity index (χ2v) is 4.83. The van der Waals surface area contributed by atoms with Gasteiger partial charge in [0.2, 0.25) is 0 Å². The Labute approximate surface area is 101 Å². The molecule has 0 fully saturated rings. The van der Waals surface area contributed by atoms with Crippen LogP contribution in [0.5, 0.6) is 0 Å². The van der Waals surface area contributed by atoms with Gasteiger partial charge >= 0.3 is 0 Å². The lowest BCUT2D eigenvalue weighted by Gasteiger charge is -2.11. The van der Waals surface area contributed by atoms with E-state index >= 15 is 0 Å². The van der Waals surface area contributed by atoms with Gasteiger partial charge in [0.1, 0.15) is 5.76 Å². The zero-order chi connectivity index (χ0) is 12.0. The smallest absolute Gasteiger partial charge is 0.256 e. The minimum Gasteiger partial charge on any atom is -0.437 e. The van der Waals surface area contributed by atoms with Crippen LogP contribution in [0, 0.1) is 13.8 Å². The average molecular weight is 244 g/mol. The van der Waals surface area contributed by atoms with Gasteiger partial charge < -0.3 is 14.5 Å². The maximum atomic E-state index is 5.47. The Bertz CT molecular complexity index is 295. The third kappa shape index (κ3) is 4.55. The largest absolute Gasteiger partial charge is 0.437 e. The lowest BCUT2D eigenvalue weighted by molar-refractivity contribution is 0.173. The Balaban J connectivity index is 2.16. The average Bonchev–Trinajstić information content (AvgIpc) is 2.54. The summed E-state index contributed by atoms with van der Waals surface area (Å²) in [4.78, 5) is 4.31. The van der Waals surface area contributed by atoms with Gasteiger partial charge in [-0.2, -0.15) is 0 Å². The third-order valence-electron chi connectivity index (χ3n) is 2.25. The van der Waals surface area contributed by atoms with Crippen LogP contribution in [0.15, 0.2) is 9.64 Å². The number of nitrogens with zero attached hydrogens (tertiary/aromatic N) is 1. The molecule has 0 aliphatic rings. The molecule has 0 aliphatic carbocycles. The molecule has 0 amide bonds. The number of aryl methyl sites for hydroxylation is 2. The van der Waals surface area contributed by atoms with Crippen molar-refractivity contribution in [2.75, 3.05) is 26.0 Å². The zero-order valence-corrected chi connectivity index (χ0v) is 11.2. The van der Waals surface area contributed by atoms with Crippen LogP contribution in [0.2, 0.25) is 0 Å². The van der Waals surface area contributed by atoms with E-state index in [0.29, 0.717) is 6.04 Å². The van der Waals surface area contributed by atoms with Crippen molar-refractivity contribution in [2.45, 2.75) is 32.0 Å². The van der Waals surface area contributed by atoms with Crippen molar-refractivity contribution in [1.82, 2.24) is 10.3 Å². The lowest BCUT2D eigenvalue weighted by atomic mass is 10.4. The van der Waals surface area contributed by atoms with Crippen LogP contribution in [0.3, 0.4) is 0 Å². The van der Waals surface area contributed by atoms with E-state index < -0.39 is 0 Å². The number of methoxy groups -OCH3 is 1. The van der Waals surface area contributed by atoms with Gasteiger partial charge in [-0.15, -0.1) is 0 Å². The van der Waals surface area contributed by atoms with Crippen molar-refractivity contribution >= 4 is 11.8 Å². The summed E-state index contributed by atoms with van der Waals surface area (Å²) in [5.74, 6) is 1.86. The SMILES string of the molecule is COCC(C)NCCSc1nc(C)c(C)o1. The molecule has 4 nitrogen and oxygen atoms in total. The fraction of sp³-hybridized carbons (Fsp3) is 0.727. The molecule has 0 aromatic carbocycles. The number of hydrogen-bond donors (Lipinski definition) is 1. The van der Waals surface area contributed by atoms with Crippen LogP contribution in [0.4, 0.5) is 0 Å². The summed E-state index contributed by atoms with van der Waals surface area (Å²) >= 11 is 1.63. The first-order valence-corrected chi connectivity index (χ1v) is 6.41. The summed E-state index contributed by atoms with van der Waals surface area (Å²) in [6.07, 6.45) is 0. The van der Waals surface area contributed by atoms with E-state index in [1.165, 1.54) is 0 Å². The Morgan fingerprint density at radius 3 is 2.81 bits per heavy atom. The van der Waals surface area contributed by atoms with E-state index in [2.05, 4.69) is 17.2 Å². The number of thioether (sulfide) groups is 1. The zero-order valence-electron chi connectivity index (χ0n) is 10.4. The van der Waals surface area contributed by atoms with Crippen LogP contribution < -0.4 is 5.32 Å². The summed E-state index contributed by atoms with van der Waals surface area (Å²) < 4.78 is 10.5. The van der Waals surface area contributed by atoms with Gasteiger partial charge in [0.15, 0.2) is 0 Å². The lowest BCUT2D eigenvalue weighted by Crippen LogP contribution is -2.31. The molecular weight excluding hydrogens is 224 g/mol. The molecule has 92 valence electrons. The molecule has 0 radical (unpaired) electrons. The van der Waals surface area contributed by atoms with Crippen molar-refractivity contribution in [3.05, 3.63) is 11.5 Å². The molecule has 1 atom stereocenters. The molecule has 0 saturated heterocycles. The highest BCUT2D eigenvalue weighted by Crippen LogP contribution is 2.19. The fourth-order valence-electron chi connectivity index (χ4n) is 1.26. The second kappa shape index (κ2) is 6.93. The van der Waals surface area contributed by atoms with E-state index in [1.54, 1.807) is 18.9 Å². The molecule has 1 heterocycles. The van der Waals surface area contributed by atoms with Crippen LogP contribution >= 0.6 is 11.8 Å². The Morgan fingerprint density at radius 2 is 2.25 bits per heavy atom. The second-order valence-electron chi connectivity index (χ2n) is 3.78. The van der Waals surface area contributed by atoms with Gasteiger partial charge in [-0.3, -0.25) is 0 Å². The molecule has 1 aromatic heterocycles. The standard InChI is InChI=1S/C11H20N2O2S/c1-8(7-14-4)12-5-6-16-11-13-9(2)10(3)15-11/h8,12H,5-7H2,1-4H3. The minimum atomic E-state index is 0.388. The summed E-state index contributed by atoms with van der Waals surface area (Å²) in [6.45, 7) is 7.66. The number of ether oxygens (including phenoxy) is 1. The summed E-state index contributed by atoms with van der Waals surface area (Å²) in [5.41, 5.74) is 0.975. The molecule has 0 bridgehead atoms. The van der Waals surface area contributed by atoms with E-state index in [9.17, 15) is 0 Å². The topological polar surface area (TPSA) is 47.3 Å². The Kier molecular flexibility index (Phi) is 5.87. The molecule has 5 heteroatoms. The van der Waals surface area contributed by atoms with E-state index in [4.69, 9.17) is 9.15 Å². The van der Waals surface area contributed by atoms with Crippen LogP contribution in [0.1, 0.15) is 18.4 Å². The van der Waals surface area contributed by atoms with E-state index in [1.807, 2.05) is 13.8 Å². The van der Waals surface area contributed by atoms with Crippen molar-refractivity contribution in [1.29, 1.82) is 0 Å². The highest BCUT2D eigenvalue weighted by atomic mass is 32.2. The molecule has 1 aromatic rings. The van der Waals surface area contributed by atoms with E-state index in [0.717, 1.165) is 35.6 Å². The van der Waals surface area contributed by atoms with Gasteiger partial charge in [-0.25, -0.2) is 4.98 Å². The predicted molar refractivity (Wildman–Crippen MR) is 66.0 cm³/mol. The minimum absolute atomic E-state index is 0.388. The third-order valence-corrected chi connectivity index (χ3v) is 3.08. The van der Waals surface area contributed by atoms with Gasteiger partial charge in [0.25, 0.3) is 5.22 Å². The summed E-state index contributed by atoms with van der Waals surface area (Å²) in [6, 6.07) is 0.388. The summed E-state index contributed by atoms with van der Waals surface area (Å²) in [5, 5.41) is 4.12. The van der Waals surface area contributed by atoms with E-state index in [-0.39, 0.29) is 0 Å². The quantitative estimate of drug-likeness (QED) is 0.587. The summed E-state index contributed by atoms with van der Waals surface area (Å²) in [7, 11) is 1.71. The normalized spacial score (nSPS) is 13.0. The van der Waals surface area contributed by atoms with Gasteiger partial charge in [-0.1, -0.05) is 11.8 Å². The molecule has 0 spiro atoms. The first kappa shape index (κ1) is 13.5. The number of rotatable bonds is 7. The maximum absolute atomic E-state index is 5.47. The molecule has 0 saturated carbocycles. The van der Waals surface area contributed by atoms with Gasteiger partial charge in [0.05, 0.1) is 12.3 Å². The van der Waals surface area contributed by atoms with Crippen LogP contribution in [0.25, 0.3) is 0 Å². The number of oxazole rings is 1. The van der Waals surface area contributed by atoms with Gasteiger partial charge in [0, 0.05) is 25.4 Å². The van der Waals surface area contributed by atoms with Crippen molar-refractivity contribution in [3.63, 3.8) is 0 Å². The highest BCUT2D eigenvalue weighted by molar-refractivity contribution is 7.99. The van der Waals surface area contributed by atoms with Crippen molar-refractivity contribution in [3.8, 4) is 0 Å². The number of hydrogen-bond acceptors (Lipinski definition) is 5. The predicted octanol–water partition coefficient (Wildman–Crippen LogP) is 2.01. The first-order chi connectivity index (χ1) is 7.63. The Morgan fingerprint density at radius 1 is 1.50 bits per heavy atom. The first-order valence-electron chi connectivity index (χ1n) is 5.42. The van der Waals surface area contributed by atoms with Crippen LogP contribution in [-0.4, -0.2) is 37.0 Å². The number of aromatic nitrogens is 1. The van der Waals surface area contributed by atoms with Crippen molar-refractivity contribution in [2.24, 2.45) is 0 Å². The maximum Gasteiger partial charge on any atom is 0.256 e. The molecule has 16 heavy (non-hydrogen) atoms. The van der Waals surface area contributed by atoms with Crippen LogP contribution in [-0.2, 0) is 4.74 Å². The van der Waals surface area contributed by atoms with Gasteiger partial charge in [-0.05, 0) is 20.8 Å². The molecule has 1 unspecified atom stereocenters. The number of nitrogens with one attached hydrogen (secondary N) is 1. The molecule has 0 aliphatic heterocycles. The monoisotopic (exact) mass is 244 g/mol. The molecular formula is C11H20N2O2S. The highest BCUT2D eigenvalue weighted by Gasteiger charge is 2.06. The molecule has 1 N–H and O–H groups in total. The Hall–Kier alpha value is -0.520. The molecule has 1 rings (SSSR count). The fourth-order valence-corrected chi connectivity index (χ4v) is 2.04.